The molecule has 0 atom stereocenters. The van der Waals surface area contributed by atoms with Crippen LogP contribution < -0.4 is 0 Å². The monoisotopic (exact) mass is 451 g/mol. The number of nitro groups is 2. The molecule has 170 valence electrons. The fraction of sp³-hybridized carbons (Fsp3) is 0.182. The minimum atomic E-state index is -0.521. The molecule has 0 unspecified atom stereocenters. The van der Waals surface area contributed by atoms with Crippen LogP contribution >= 0.6 is 0 Å². The molecule has 0 bridgehead atoms. The topological polar surface area (TPSA) is 161 Å². The number of aliphatic hydroxyl groups excluding tert-OH is 2. The molecule has 0 spiro atoms. The quantitative estimate of drug-likeness (QED) is 0.212. The standard InChI is InChI=1S/2C11H11NO4.Be/c2*1-7(13)11(8(2)14)9-3-5-10(6-4-9)12(15)16;/h2*3-6,13H,1-2H3;/b2*11-7+;. The number of carbonyl (C=O) groups excluding carboxylic acids is 2. The predicted octanol–water partition coefficient (Wildman–Crippen LogP) is 4.56. The number of aliphatic hydroxyl groups is 2. The molecule has 0 fully saturated rings. The maximum absolute atomic E-state index is 11.3. The molecule has 0 aliphatic rings. The summed E-state index contributed by atoms with van der Waals surface area (Å²) in [4.78, 5) is 42.3. The molecule has 2 radical (unpaired) electrons. The van der Waals surface area contributed by atoms with Crippen LogP contribution in [0, 0.1) is 20.2 Å². The van der Waals surface area contributed by atoms with Gasteiger partial charge in [0.2, 0.25) is 0 Å². The number of nitrogens with zero attached hydrogens (tertiary/aromatic N) is 2. The van der Waals surface area contributed by atoms with Gasteiger partial charge in [0.05, 0.1) is 21.0 Å². The Kier molecular flexibility index (Phi) is 11.0. The van der Waals surface area contributed by atoms with Gasteiger partial charge in [-0.2, -0.15) is 0 Å². The number of nitro benzene ring substituents is 2. The largest absolute Gasteiger partial charge is 0.512 e. The van der Waals surface area contributed by atoms with Crippen LogP contribution in [0.15, 0.2) is 60.0 Å². The summed E-state index contributed by atoms with van der Waals surface area (Å²) >= 11 is 0. The van der Waals surface area contributed by atoms with Crippen molar-refractivity contribution in [2.45, 2.75) is 27.7 Å². The minimum Gasteiger partial charge on any atom is -0.512 e. The van der Waals surface area contributed by atoms with Crippen LogP contribution in [0.4, 0.5) is 11.4 Å². The van der Waals surface area contributed by atoms with Gasteiger partial charge in [-0.1, -0.05) is 0 Å². The molecule has 0 saturated heterocycles. The normalized spacial score (nSPS) is 11.5. The van der Waals surface area contributed by atoms with Gasteiger partial charge in [0.25, 0.3) is 11.4 Å². The second-order valence-electron chi connectivity index (χ2n) is 6.64. The molecule has 2 aromatic carbocycles. The van der Waals surface area contributed by atoms with Crippen LogP contribution in [0.2, 0.25) is 0 Å². The Hall–Kier alpha value is -4.17. The van der Waals surface area contributed by atoms with E-state index < -0.39 is 9.85 Å². The number of rotatable bonds is 6. The van der Waals surface area contributed by atoms with Crippen molar-refractivity contribution >= 4 is 44.2 Å². The van der Waals surface area contributed by atoms with E-state index in [-0.39, 0.29) is 55.7 Å². The van der Waals surface area contributed by atoms with E-state index in [1.807, 2.05) is 0 Å². The summed E-state index contributed by atoms with van der Waals surface area (Å²) in [5.41, 5.74) is 1.19. The van der Waals surface area contributed by atoms with E-state index in [0.717, 1.165) is 0 Å². The molecule has 11 heteroatoms. The van der Waals surface area contributed by atoms with Crippen molar-refractivity contribution in [1.82, 2.24) is 0 Å². The zero-order valence-corrected chi connectivity index (χ0v) is 18.6. The summed E-state index contributed by atoms with van der Waals surface area (Å²) in [7, 11) is 0. The summed E-state index contributed by atoms with van der Waals surface area (Å²) < 4.78 is 0. The molecule has 0 aromatic heterocycles. The van der Waals surface area contributed by atoms with Crippen LogP contribution in [0.1, 0.15) is 38.8 Å². The van der Waals surface area contributed by atoms with E-state index in [0.29, 0.717) is 11.1 Å². The predicted molar refractivity (Wildman–Crippen MR) is 124 cm³/mol. The average molecular weight is 451 g/mol. The van der Waals surface area contributed by atoms with Crippen LogP contribution in [0.5, 0.6) is 0 Å². The first kappa shape index (κ1) is 28.8. The first-order valence-electron chi connectivity index (χ1n) is 9.18. The van der Waals surface area contributed by atoms with Gasteiger partial charge in [0.15, 0.2) is 11.6 Å². The number of hydrogen-bond donors (Lipinski definition) is 2. The van der Waals surface area contributed by atoms with Gasteiger partial charge in [-0.3, -0.25) is 29.8 Å². The average Bonchev–Trinajstić information content (AvgIpc) is 2.68. The molecular formula is C22H22BeN2O8. The van der Waals surface area contributed by atoms with E-state index in [4.69, 9.17) is 0 Å². The van der Waals surface area contributed by atoms with Crippen LogP contribution in [0.25, 0.3) is 11.1 Å². The minimum absolute atomic E-state index is 0. The Labute approximate surface area is 193 Å². The number of carbonyl (C=O) groups is 2. The number of benzene rings is 2. The second-order valence-corrected chi connectivity index (χ2v) is 6.64. The van der Waals surface area contributed by atoms with Crippen molar-refractivity contribution < 1.29 is 29.6 Å². The fourth-order valence-electron chi connectivity index (χ4n) is 2.83. The number of ketones is 2. The number of allylic oxidation sites excluding steroid dienone is 4. The zero-order chi connectivity index (χ0) is 24.6. The first-order chi connectivity index (χ1) is 14.9. The third-order valence-electron chi connectivity index (χ3n) is 4.16. The molecular weight excluding hydrogens is 429 g/mol. The van der Waals surface area contributed by atoms with Crippen molar-refractivity contribution in [3.8, 4) is 0 Å². The summed E-state index contributed by atoms with van der Waals surface area (Å²) in [6.07, 6.45) is 0. The SMILES string of the molecule is CC(=O)/C(=C(/C)O)c1ccc([N+](=O)[O-])cc1.CC(=O)/C(=C(/C)O)c1ccc([N+](=O)[O-])cc1.[Be]. The van der Waals surface area contributed by atoms with Crippen LogP contribution in [-0.4, -0.2) is 41.7 Å². The Bertz CT molecular complexity index is 1010. The first-order valence-corrected chi connectivity index (χ1v) is 9.18. The Morgan fingerprint density at radius 1 is 0.636 bits per heavy atom. The fourth-order valence-corrected chi connectivity index (χ4v) is 2.83. The van der Waals surface area contributed by atoms with Crippen molar-refractivity contribution in [3.63, 3.8) is 0 Å². The zero-order valence-electron chi connectivity index (χ0n) is 18.6. The van der Waals surface area contributed by atoms with Gasteiger partial charge >= 0.3 is 0 Å². The molecule has 0 aliphatic carbocycles. The van der Waals surface area contributed by atoms with E-state index in [9.17, 15) is 40.0 Å². The molecule has 0 aliphatic heterocycles. The number of Topliss-reactive ketones (excluding diaryl/α,β-unsaturated/α-hetero) is 2. The molecule has 0 amide bonds. The van der Waals surface area contributed by atoms with Gasteiger partial charge in [-0.15, -0.1) is 0 Å². The van der Waals surface area contributed by atoms with Crippen molar-refractivity contribution in [1.29, 1.82) is 0 Å². The van der Waals surface area contributed by atoms with Crippen molar-refractivity contribution in [2.24, 2.45) is 0 Å². The van der Waals surface area contributed by atoms with Crippen LogP contribution in [-0.2, 0) is 9.59 Å². The molecule has 0 heterocycles. The molecule has 2 aromatic rings. The Balaban J connectivity index is 0.000000602. The third-order valence-corrected chi connectivity index (χ3v) is 4.16. The summed E-state index contributed by atoms with van der Waals surface area (Å²) in [5, 5.41) is 39.5. The molecule has 2 rings (SSSR count). The van der Waals surface area contributed by atoms with Crippen molar-refractivity contribution in [2.75, 3.05) is 0 Å². The molecule has 2 N–H and O–H groups in total. The number of hydrogen-bond acceptors (Lipinski definition) is 8. The maximum atomic E-state index is 11.3. The summed E-state index contributed by atoms with van der Waals surface area (Å²) in [5.74, 6) is -0.759. The summed E-state index contributed by atoms with van der Waals surface area (Å²) in [6.45, 7) is 5.46. The van der Waals surface area contributed by atoms with E-state index in [2.05, 4.69) is 0 Å². The Morgan fingerprint density at radius 3 is 1.03 bits per heavy atom. The smallest absolute Gasteiger partial charge is 0.269 e. The molecule has 10 nitrogen and oxygen atoms in total. The second kappa shape index (κ2) is 12.6. The van der Waals surface area contributed by atoms with Crippen molar-refractivity contribution in [3.05, 3.63) is 91.4 Å². The van der Waals surface area contributed by atoms with Gasteiger partial charge in [0.1, 0.15) is 11.5 Å². The number of non-ortho nitro benzene ring substituents is 2. The van der Waals surface area contributed by atoms with Gasteiger partial charge < -0.3 is 10.2 Å². The summed E-state index contributed by atoms with van der Waals surface area (Å²) in [6, 6.07) is 10.9. The van der Waals surface area contributed by atoms with Gasteiger partial charge in [0, 0.05) is 34.4 Å². The van der Waals surface area contributed by atoms with Gasteiger partial charge in [-0.05, 0) is 63.1 Å². The maximum Gasteiger partial charge on any atom is 0.269 e. The molecule has 0 saturated carbocycles. The molecule has 33 heavy (non-hydrogen) atoms. The van der Waals surface area contributed by atoms with E-state index >= 15 is 0 Å². The van der Waals surface area contributed by atoms with Gasteiger partial charge in [-0.25, -0.2) is 0 Å². The third kappa shape index (κ3) is 8.12. The van der Waals surface area contributed by atoms with E-state index in [1.165, 1.54) is 76.2 Å². The Morgan fingerprint density at radius 2 is 0.879 bits per heavy atom. The van der Waals surface area contributed by atoms with Crippen LogP contribution in [0.3, 0.4) is 0 Å². The van der Waals surface area contributed by atoms with E-state index in [1.54, 1.807) is 0 Å².